The van der Waals surface area contributed by atoms with E-state index < -0.39 is 157 Å². The molecular formula is C88H90Br2Cl2F5IN20O20S4. The fourth-order valence-electron chi connectivity index (χ4n) is 16.8. The number of nitrogens with zero attached hydrogens (tertiary/aromatic N) is 15. The highest BCUT2D eigenvalue weighted by molar-refractivity contribution is 14.1. The van der Waals surface area contributed by atoms with E-state index in [4.69, 9.17) is 43.8 Å². The summed E-state index contributed by atoms with van der Waals surface area (Å²) in [6.07, 6.45) is 10.2. The van der Waals surface area contributed by atoms with Crippen LogP contribution in [0.15, 0.2) is 193 Å². The van der Waals surface area contributed by atoms with Gasteiger partial charge in [-0.05, 0) is 207 Å². The smallest absolute Gasteiger partial charge is 0.333 e. The molecule has 4 aliphatic rings. The number of hydrogen-bond donors (Lipinski definition) is 9. The number of aliphatic hydroxyl groups is 4. The average Bonchev–Trinajstić information content (AvgIpc) is 1.66. The molecule has 0 saturated heterocycles. The highest BCUT2D eigenvalue weighted by atomic mass is 127. The zero-order chi connectivity index (χ0) is 102. The number of carbonyl (C=O) groups excluding carboxylic acids is 4. The predicted molar refractivity (Wildman–Crippen MR) is 514 cm³/mol. The number of nitrogens with two attached hydrogens (primary N) is 4. The number of benzene rings is 4. The Morgan fingerprint density at radius 2 is 0.908 bits per heavy atom. The van der Waals surface area contributed by atoms with Crippen molar-refractivity contribution >= 4 is 148 Å². The molecule has 756 valence electrons. The van der Waals surface area contributed by atoms with E-state index in [0.717, 1.165) is 21.2 Å². The number of halogens is 10. The van der Waals surface area contributed by atoms with Crippen LogP contribution in [0.2, 0.25) is 10.0 Å². The van der Waals surface area contributed by atoms with Gasteiger partial charge in [-0.15, -0.1) is 0 Å². The minimum absolute atomic E-state index is 0.00232. The summed E-state index contributed by atoms with van der Waals surface area (Å²) in [6.45, 7) is -0.157. The molecule has 0 aliphatic heterocycles. The van der Waals surface area contributed by atoms with Crippen molar-refractivity contribution < 1.29 is 112 Å². The van der Waals surface area contributed by atoms with Crippen molar-refractivity contribution in [3.63, 3.8) is 0 Å². The van der Waals surface area contributed by atoms with Crippen LogP contribution in [0.1, 0.15) is 136 Å². The summed E-state index contributed by atoms with van der Waals surface area (Å²) in [5.74, 6) is -6.52. The fourth-order valence-corrected chi connectivity index (χ4v) is 20.0. The van der Waals surface area contributed by atoms with Gasteiger partial charge in [0.05, 0.1) is 125 Å². The van der Waals surface area contributed by atoms with Crippen LogP contribution in [0.4, 0.5) is 27.8 Å². The van der Waals surface area contributed by atoms with Crippen molar-refractivity contribution in [1.82, 2.24) is 73.8 Å². The number of ketones is 4. The van der Waals surface area contributed by atoms with Crippen LogP contribution in [0.25, 0.3) is 0 Å². The second-order valence-corrected chi connectivity index (χ2v) is 42.4. The molecule has 15 atom stereocenters. The van der Waals surface area contributed by atoms with Gasteiger partial charge in [0.2, 0.25) is 17.3 Å². The van der Waals surface area contributed by atoms with E-state index in [-0.39, 0.29) is 125 Å². The number of rotatable bonds is 36. The van der Waals surface area contributed by atoms with Gasteiger partial charge in [0, 0.05) is 110 Å². The first-order valence-corrected chi connectivity index (χ1v) is 52.3. The molecule has 0 bridgehead atoms. The van der Waals surface area contributed by atoms with Crippen molar-refractivity contribution in [2.24, 2.45) is 62.0 Å². The fraction of sp³-hybridized carbons (Fsp3) is 0.352. The van der Waals surface area contributed by atoms with E-state index in [9.17, 15) is 95.2 Å². The van der Waals surface area contributed by atoms with Crippen LogP contribution >= 0.6 is 77.7 Å². The summed E-state index contributed by atoms with van der Waals surface area (Å²) >= 11 is 20.5. The summed E-state index contributed by atoms with van der Waals surface area (Å²) in [5, 5.41) is 77.2. The van der Waals surface area contributed by atoms with Gasteiger partial charge in [0.1, 0.15) is 78.4 Å². The molecule has 16 rings (SSSR count). The highest BCUT2D eigenvalue weighted by Gasteiger charge is 2.47. The molecule has 4 saturated carbocycles. The lowest BCUT2D eigenvalue weighted by Crippen LogP contribution is -2.33. The number of nitrogens with one attached hydrogen (secondary N) is 1. The Morgan fingerprint density at radius 3 is 1.40 bits per heavy atom. The van der Waals surface area contributed by atoms with E-state index >= 15 is 0 Å². The van der Waals surface area contributed by atoms with E-state index in [2.05, 4.69) is 109 Å². The lowest BCUT2D eigenvalue weighted by Gasteiger charge is -2.18. The Bertz CT molecular complexity index is 7050. The first kappa shape index (κ1) is 109. The Hall–Kier alpha value is -10.2. The van der Waals surface area contributed by atoms with Crippen LogP contribution in [0, 0.1) is 56.6 Å². The molecule has 4 fully saturated rings. The zero-order valence-electron chi connectivity index (χ0n) is 74.0. The van der Waals surface area contributed by atoms with Crippen molar-refractivity contribution in [2.75, 3.05) is 31.7 Å². The molecule has 0 spiro atoms. The van der Waals surface area contributed by atoms with Crippen LogP contribution in [0.5, 0.6) is 0 Å². The number of hydrogen-bond acceptors (Lipinski definition) is 32. The maximum atomic E-state index is 14.8. The molecule has 0 radical (unpaired) electrons. The molecule has 4 aliphatic carbocycles. The summed E-state index contributed by atoms with van der Waals surface area (Å²) < 4.78 is 187. The summed E-state index contributed by atoms with van der Waals surface area (Å²) in [5.41, 5.74) is 5.78. The SMILES string of the molecule is NS(=O)(=O)OC[C@H]1C[C@@H](Cc2ncncc2C(=O)c2ccn(Cc3ccc(Cl)c(Br)c3)n2)C[C@@H]1O.NS(=O)(=O)OC[C@H]1C[C@@H](Cc2ncncc2C(=O)c2ccn(Cc3ccc(F)c(I)c3)n2)[C@@H](F)[C@@H]1O.NS(=O)(=O)OC[C@H]1C[C@@H](Cc2ncncc2C(=O)c2ccn(Cc3cccc(Br)c3F)n2)[C@@H](F)[C@@H]1O.NS(=O)(=O)OC[C@H]1C[C@@H](Nc2ncncc2C(=O)c2ccn(Cc3cccc(Cl)c3)c2)[C@@H](F)[C@@H]1O. The second-order valence-electron chi connectivity index (χ2n) is 33.8. The Kier molecular flexibility index (Phi) is 37.0. The number of aromatic nitrogens is 15. The molecule has 54 heteroatoms. The molecule has 8 aromatic heterocycles. The van der Waals surface area contributed by atoms with E-state index in [1.807, 2.05) is 57.5 Å². The van der Waals surface area contributed by atoms with E-state index in [1.54, 1.807) is 88.7 Å². The second kappa shape index (κ2) is 48.2. The van der Waals surface area contributed by atoms with Gasteiger partial charge in [0.25, 0.3) is 0 Å². The number of aliphatic hydroxyl groups excluding tert-OH is 4. The predicted octanol–water partition coefficient (Wildman–Crippen LogP) is 8.19. The number of alkyl halides is 3. The van der Waals surface area contributed by atoms with E-state index in [0.29, 0.717) is 79.4 Å². The van der Waals surface area contributed by atoms with Gasteiger partial charge < -0.3 is 30.3 Å². The Labute approximate surface area is 849 Å². The normalized spacial score (nSPS) is 21.7. The summed E-state index contributed by atoms with van der Waals surface area (Å²) in [7, 11) is -16.8. The van der Waals surface area contributed by atoms with Crippen LogP contribution < -0.4 is 25.9 Å². The number of carbonyl (C=O) groups is 4. The van der Waals surface area contributed by atoms with Crippen molar-refractivity contribution in [2.45, 2.75) is 127 Å². The first-order chi connectivity index (χ1) is 67.2. The molecular weight excluding hydrogens is 2240 g/mol. The van der Waals surface area contributed by atoms with Crippen molar-refractivity contribution in [1.29, 1.82) is 0 Å². The summed E-state index contributed by atoms with van der Waals surface area (Å²) in [6, 6.07) is 27.9. The highest BCUT2D eigenvalue weighted by Crippen LogP contribution is 2.41. The molecule has 12 aromatic rings. The van der Waals surface area contributed by atoms with Gasteiger partial charge >= 0.3 is 41.2 Å². The minimum atomic E-state index is -4.23. The maximum Gasteiger partial charge on any atom is 0.333 e. The standard InChI is InChI=1S/C22H23BrClN5O5S.C22H22BrF2N5O5S.C22H23ClFN5O5S.C22H22F2IN5O5S/c23-17-6-13(1-2-18(17)24)10-29-4-3-19(28-29)22(31)16-9-26-12-27-20(16)7-14-5-15(21(30)8-14)11-34-35(25,32)33;23-16-3-1-2-12(19(16)24)9-30-5-4-17(29-30)22(32)15-8-27-11-28-18(15)7-13-6-14(21(31)20(13)25)10-35-36(26,33)34;23-16-3-1-2-13(6-16)9-29-5-4-14(10-29)20(30)17-8-26-12-27-22(17)28-18-7-15(21(31)19(18)24)11-34-35(25,32)33;23-16-2-1-12(5-17(16)25)9-30-4-3-18(29-30)22(32)15-8-27-11-28-19(15)7-13-6-14(21(31)20(13)24)10-35-36(26,33)34/h1-4,6,9,12,14-15,21,30H,5,7-8,10-11H2,(H2,25,32,33);1-5,8,11,13-14,20-21,31H,6-7,9-10H2,(H2,26,33,34);1-6,8,10,12,15,18-19,21,31H,7,9,11H2,(H2,25,32,33)(H,26,27,28);1-5,8,11,13-14,20-21,31H,6-7,9-10H2,(H2,26,33,34)/t14-,15+,21-;13-,14+,20+,21+;15-,18-,19-,21-;13-,14+,20+,21+/m0010/s1. The molecule has 0 unspecified atom stereocenters. The van der Waals surface area contributed by atoms with Crippen molar-refractivity contribution in [3.05, 3.63) is 303 Å². The topological polar surface area (TPSA) is 600 Å². The first-order valence-electron chi connectivity index (χ1n) is 43.0. The van der Waals surface area contributed by atoms with Gasteiger partial charge in [-0.1, -0.05) is 59.6 Å². The molecule has 40 nitrogen and oxygen atoms in total. The van der Waals surface area contributed by atoms with Crippen LogP contribution in [-0.2, 0) is 103 Å². The molecule has 8 heterocycles. The zero-order valence-corrected chi connectivity index (χ0v) is 84.2. The maximum absolute atomic E-state index is 14.8. The third-order valence-corrected chi connectivity index (χ3v) is 28.5. The average molecular weight is 2330 g/mol. The quantitative estimate of drug-likeness (QED) is 0.0101. The molecule has 13 N–H and O–H groups in total. The van der Waals surface area contributed by atoms with Gasteiger partial charge in [0.15, 0.2) is 5.78 Å². The van der Waals surface area contributed by atoms with Gasteiger partial charge in [-0.3, -0.25) is 50.0 Å². The third-order valence-electron chi connectivity index (χ3n) is 23.7. The van der Waals surface area contributed by atoms with Crippen molar-refractivity contribution in [3.8, 4) is 0 Å². The minimum Gasteiger partial charge on any atom is -0.393 e. The Balaban J connectivity index is 0.000000159. The lowest BCUT2D eigenvalue weighted by molar-refractivity contribution is 0.0436. The van der Waals surface area contributed by atoms with Crippen LogP contribution in [-0.4, -0.2) is 226 Å². The lowest BCUT2D eigenvalue weighted by atomic mass is 9.95. The van der Waals surface area contributed by atoms with Gasteiger partial charge in [-0.25, -0.2) is 82.4 Å². The largest absolute Gasteiger partial charge is 0.393 e. The molecule has 4 aromatic carbocycles. The molecule has 142 heavy (non-hydrogen) atoms. The number of anilines is 1. The third kappa shape index (κ3) is 30.0. The molecule has 0 amide bonds. The van der Waals surface area contributed by atoms with Gasteiger partial charge in [-0.2, -0.15) is 49.0 Å². The Morgan fingerprint density at radius 1 is 0.465 bits per heavy atom. The summed E-state index contributed by atoms with van der Waals surface area (Å²) in [4.78, 5) is 85.2. The monoisotopic (exact) mass is 2320 g/mol. The van der Waals surface area contributed by atoms with Crippen LogP contribution in [0.3, 0.4) is 0 Å². The van der Waals surface area contributed by atoms with E-state index in [1.165, 1.54) is 79.2 Å².